The maximum atomic E-state index is 5.39. The van der Waals surface area contributed by atoms with E-state index in [1.807, 2.05) is 7.05 Å². The fourth-order valence-electron chi connectivity index (χ4n) is 0.933. The van der Waals surface area contributed by atoms with Crippen LogP contribution in [0.3, 0.4) is 0 Å². The fraction of sp³-hybridized carbons (Fsp3) is 0.778. The van der Waals surface area contributed by atoms with E-state index >= 15 is 0 Å². The van der Waals surface area contributed by atoms with E-state index in [1.165, 1.54) is 0 Å². The second-order valence-electron chi connectivity index (χ2n) is 2.90. The van der Waals surface area contributed by atoms with Gasteiger partial charge >= 0.3 is 0 Å². The Kier molecular flexibility index (Phi) is 5.91. The molecule has 0 aromatic heterocycles. The van der Waals surface area contributed by atoms with Crippen LogP contribution in [0, 0.1) is 12.3 Å². The molecule has 0 bridgehead atoms. The first kappa shape index (κ1) is 10.5. The molecule has 0 rings (SSSR count). The highest BCUT2D eigenvalue weighted by molar-refractivity contribution is 4.88. The van der Waals surface area contributed by atoms with Crippen LogP contribution in [0.15, 0.2) is 0 Å². The molecule has 1 unspecified atom stereocenters. The highest BCUT2D eigenvalue weighted by Gasteiger charge is 2.05. The van der Waals surface area contributed by atoms with E-state index < -0.39 is 0 Å². The lowest BCUT2D eigenvalue weighted by Gasteiger charge is -2.21. The van der Waals surface area contributed by atoms with E-state index in [2.05, 4.69) is 17.7 Å². The summed E-state index contributed by atoms with van der Waals surface area (Å²) in [5.74, 6) is 2.62. The molecule has 2 heteroatoms. The van der Waals surface area contributed by atoms with Gasteiger partial charge in [0.25, 0.3) is 0 Å². The largest absolute Gasteiger partial charge is 0.330 e. The van der Waals surface area contributed by atoms with Crippen molar-refractivity contribution in [1.29, 1.82) is 0 Å². The molecule has 0 fully saturated rings. The van der Waals surface area contributed by atoms with E-state index in [0.717, 1.165) is 25.9 Å². The molecule has 2 N–H and O–H groups in total. The number of terminal acetylenes is 1. The van der Waals surface area contributed by atoms with Crippen LogP contribution < -0.4 is 5.73 Å². The molecule has 0 aromatic carbocycles. The molecule has 0 spiro atoms. The Balaban J connectivity index is 3.48. The van der Waals surface area contributed by atoms with Crippen LogP contribution in [0.2, 0.25) is 0 Å². The van der Waals surface area contributed by atoms with E-state index in [-0.39, 0.29) is 0 Å². The Morgan fingerprint density at radius 2 is 2.27 bits per heavy atom. The van der Waals surface area contributed by atoms with Gasteiger partial charge in [-0.3, -0.25) is 4.90 Å². The van der Waals surface area contributed by atoms with Crippen molar-refractivity contribution in [3.05, 3.63) is 0 Å². The lowest BCUT2D eigenvalue weighted by atomic mass is 10.1. The first-order chi connectivity index (χ1) is 5.22. The third-order valence-corrected chi connectivity index (χ3v) is 1.92. The Morgan fingerprint density at radius 3 is 2.73 bits per heavy atom. The normalized spacial score (nSPS) is 13.0. The zero-order valence-corrected chi connectivity index (χ0v) is 7.51. The maximum Gasteiger partial charge on any atom is 0.0598 e. The lowest BCUT2D eigenvalue weighted by molar-refractivity contribution is 0.272. The van der Waals surface area contributed by atoms with E-state index in [1.54, 1.807) is 0 Å². The quantitative estimate of drug-likeness (QED) is 0.590. The lowest BCUT2D eigenvalue weighted by Crippen LogP contribution is -2.29. The van der Waals surface area contributed by atoms with E-state index in [0.29, 0.717) is 6.04 Å². The predicted molar refractivity (Wildman–Crippen MR) is 49.2 cm³/mol. The van der Waals surface area contributed by atoms with Gasteiger partial charge in [-0.2, -0.15) is 0 Å². The van der Waals surface area contributed by atoms with Gasteiger partial charge in [0.15, 0.2) is 0 Å². The summed E-state index contributed by atoms with van der Waals surface area (Å²) in [7, 11) is 2.04. The van der Waals surface area contributed by atoms with Crippen LogP contribution in [0.25, 0.3) is 0 Å². The van der Waals surface area contributed by atoms with Gasteiger partial charge in [0, 0.05) is 6.04 Å². The van der Waals surface area contributed by atoms with Gasteiger partial charge < -0.3 is 5.73 Å². The Bertz CT molecular complexity index is 126. The average Bonchev–Trinajstić information content (AvgIpc) is 2.00. The molecule has 0 radical (unpaired) electrons. The molecule has 0 aliphatic rings. The summed E-state index contributed by atoms with van der Waals surface area (Å²) in [6.45, 7) is 3.67. The molecule has 0 aromatic rings. The molecule has 1 atom stereocenters. The Labute approximate surface area is 69.8 Å². The number of hydrogen-bond donors (Lipinski definition) is 1. The number of hydrogen-bond acceptors (Lipinski definition) is 2. The molecule has 0 amide bonds. The van der Waals surface area contributed by atoms with Crippen LogP contribution in [-0.2, 0) is 0 Å². The third-order valence-electron chi connectivity index (χ3n) is 1.92. The molecule has 0 saturated heterocycles. The van der Waals surface area contributed by atoms with Gasteiger partial charge in [-0.25, -0.2) is 0 Å². The minimum Gasteiger partial charge on any atom is -0.330 e. The molecule has 0 aliphatic heterocycles. The summed E-state index contributed by atoms with van der Waals surface area (Å²) in [6.07, 6.45) is 7.39. The second kappa shape index (κ2) is 6.21. The SMILES string of the molecule is C#CCN(C)C(C)CCCN. The second-order valence-corrected chi connectivity index (χ2v) is 2.90. The van der Waals surface area contributed by atoms with Crippen molar-refractivity contribution in [2.24, 2.45) is 5.73 Å². The van der Waals surface area contributed by atoms with Crippen LogP contribution in [0.5, 0.6) is 0 Å². The zero-order valence-electron chi connectivity index (χ0n) is 7.51. The van der Waals surface area contributed by atoms with Gasteiger partial charge in [-0.15, -0.1) is 6.42 Å². The fourth-order valence-corrected chi connectivity index (χ4v) is 0.933. The molecule has 0 saturated carbocycles. The summed E-state index contributed by atoms with van der Waals surface area (Å²) < 4.78 is 0. The highest BCUT2D eigenvalue weighted by atomic mass is 15.1. The van der Waals surface area contributed by atoms with Crippen molar-refractivity contribution >= 4 is 0 Å². The molecule has 0 aliphatic carbocycles. The van der Waals surface area contributed by atoms with Crippen molar-refractivity contribution in [3.63, 3.8) is 0 Å². The molecular weight excluding hydrogens is 136 g/mol. The van der Waals surface area contributed by atoms with Crippen molar-refractivity contribution < 1.29 is 0 Å². The minimum atomic E-state index is 0.551. The van der Waals surface area contributed by atoms with Gasteiger partial charge in [-0.1, -0.05) is 5.92 Å². The molecule has 11 heavy (non-hydrogen) atoms. The number of nitrogens with two attached hydrogens (primary N) is 1. The zero-order chi connectivity index (χ0) is 8.69. The smallest absolute Gasteiger partial charge is 0.0598 e. The van der Waals surface area contributed by atoms with Crippen LogP contribution in [0.1, 0.15) is 19.8 Å². The average molecular weight is 154 g/mol. The standard InChI is InChI=1S/C9H18N2/c1-4-8-11(3)9(2)6-5-7-10/h1,9H,5-8,10H2,2-3H3. The van der Waals surface area contributed by atoms with Crippen molar-refractivity contribution in [2.75, 3.05) is 20.1 Å². The molecule has 64 valence electrons. The van der Waals surface area contributed by atoms with Crippen LogP contribution in [0.4, 0.5) is 0 Å². The summed E-state index contributed by atoms with van der Waals surface area (Å²) in [5, 5.41) is 0. The number of nitrogens with zero attached hydrogens (tertiary/aromatic N) is 1. The van der Waals surface area contributed by atoms with Gasteiger partial charge in [0.05, 0.1) is 6.54 Å². The summed E-state index contributed by atoms with van der Waals surface area (Å²) in [4.78, 5) is 2.16. The minimum absolute atomic E-state index is 0.551. The topological polar surface area (TPSA) is 29.3 Å². The monoisotopic (exact) mass is 154 g/mol. The molecule has 0 heterocycles. The van der Waals surface area contributed by atoms with Crippen molar-refractivity contribution in [2.45, 2.75) is 25.8 Å². The van der Waals surface area contributed by atoms with Crippen LogP contribution in [-0.4, -0.2) is 31.1 Å². The van der Waals surface area contributed by atoms with E-state index in [4.69, 9.17) is 12.2 Å². The van der Waals surface area contributed by atoms with Crippen LogP contribution >= 0.6 is 0 Å². The van der Waals surface area contributed by atoms with Crippen molar-refractivity contribution in [1.82, 2.24) is 4.90 Å². The summed E-state index contributed by atoms with van der Waals surface area (Å²) in [5.41, 5.74) is 5.39. The third kappa shape index (κ3) is 4.83. The molecular formula is C9H18N2. The Morgan fingerprint density at radius 1 is 1.64 bits per heavy atom. The predicted octanol–water partition coefficient (Wildman–Crippen LogP) is 0.679. The van der Waals surface area contributed by atoms with Gasteiger partial charge in [0.1, 0.15) is 0 Å². The van der Waals surface area contributed by atoms with E-state index in [9.17, 15) is 0 Å². The number of rotatable bonds is 5. The Hall–Kier alpha value is -0.520. The summed E-state index contributed by atoms with van der Waals surface area (Å²) in [6, 6.07) is 0.551. The molecule has 2 nitrogen and oxygen atoms in total. The van der Waals surface area contributed by atoms with Gasteiger partial charge in [-0.05, 0) is 33.4 Å². The summed E-state index contributed by atoms with van der Waals surface area (Å²) >= 11 is 0. The highest BCUT2D eigenvalue weighted by Crippen LogP contribution is 2.01. The first-order valence-electron chi connectivity index (χ1n) is 4.06. The van der Waals surface area contributed by atoms with Gasteiger partial charge in [0.2, 0.25) is 0 Å². The maximum absolute atomic E-state index is 5.39. The first-order valence-corrected chi connectivity index (χ1v) is 4.06. The van der Waals surface area contributed by atoms with Crippen molar-refractivity contribution in [3.8, 4) is 12.3 Å².